The summed E-state index contributed by atoms with van der Waals surface area (Å²) in [5.41, 5.74) is -1.24. The number of carboxylic acid groups (broad SMARTS) is 1. The fraction of sp³-hybridized carbons (Fsp3) is 0.182. The van der Waals surface area contributed by atoms with Gasteiger partial charge in [-0.25, -0.2) is 4.79 Å². The number of carboxylic acids is 1. The number of rotatable bonds is 4. The SMILES string of the molecule is N#CCC(=O)Nc1c(OC(F)(F)F)cccc1C(=O)O. The maximum absolute atomic E-state index is 12.2. The van der Waals surface area contributed by atoms with Crippen LogP contribution in [-0.2, 0) is 4.79 Å². The first kappa shape index (κ1) is 15.3. The maximum atomic E-state index is 12.2. The molecule has 0 aliphatic carbocycles. The minimum absolute atomic E-state index is 0.585. The number of nitrogens with one attached hydrogen (secondary N) is 1. The van der Waals surface area contributed by atoms with Crippen molar-refractivity contribution in [1.29, 1.82) is 5.26 Å². The van der Waals surface area contributed by atoms with Gasteiger partial charge in [-0.3, -0.25) is 4.79 Å². The lowest BCUT2D eigenvalue weighted by atomic mass is 10.1. The molecule has 0 heterocycles. The second-order valence-electron chi connectivity index (χ2n) is 3.41. The van der Waals surface area contributed by atoms with Crippen LogP contribution in [0, 0.1) is 11.3 Å². The molecule has 1 aromatic carbocycles. The molecule has 9 heteroatoms. The van der Waals surface area contributed by atoms with E-state index in [9.17, 15) is 22.8 Å². The molecule has 0 bridgehead atoms. The Bertz CT molecular complexity index is 578. The van der Waals surface area contributed by atoms with E-state index in [2.05, 4.69) is 4.74 Å². The van der Waals surface area contributed by atoms with Crippen LogP contribution in [0.4, 0.5) is 18.9 Å². The Morgan fingerprint density at radius 3 is 2.55 bits per heavy atom. The Kier molecular flexibility index (Phi) is 4.53. The zero-order chi connectivity index (χ0) is 15.3. The van der Waals surface area contributed by atoms with Gasteiger partial charge in [-0.2, -0.15) is 5.26 Å². The summed E-state index contributed by atoms with van der Waals surface area (Å²) in [6.45, 7) is 0. The number of amides is 1. The molecule has 1 rings (SSSR count). The second-order valence-corrected chi connectivity index (χ2v) is 3.41. The van der Waals surface area contributed by atoms with Crippen molar-refractivity contribution in [2.45, 2.75) is 12.8 Å². The molecule has 20 heavy (non-hydrogen) atoms. The van der Waals surface area contributed by atoms with Crippen LogP contribution < -0.4 is 10.1 Å². The number of nitrogens with zero attached hydrogens (tertiary/aromatic N) is 1. The van der Waals surface area contributed by atoms with Crippen LogP contribution in [0.5, 0.6) is 5.75 Å². The van der Waals surface area contributed by atoms with Crippen molar-refractivity contribution in [2.24, 2.45) is 0 Å². The Morgan fingerprint density at radius 1 is 1.40 bits per heavy atom. The first-order valence-electron chi connectivity index (χ1n) is 5.03. The van der Waals surface area contributed by atoms with Gasteiger partial charge >= 0.3 is 12.3 Å². The van der Waals surface area contributed by atoms with E-state index < -0.39 is 41.7 Å². The number of hydrogen-bond acceptors (Lipinski definition) is 4. The summed E-state index contributed by atoms with van der Waals surface area (Å²) in [6, 6.07) is 4.36. The highest BCUT2D eigenvalue weighted by atomic mass is 19.4. The quantitative estimate of drug-likeness (QED) is 0.884. The minimum atomic E-state index is -5.05. The van der Waals surface area contributed by atoms with Crippen molar-refractivity contribution in [3.05, 3.63) is 23.8 Å². The molecule has 0 aliphatic heterocycles. The highest BCUT2D eigenvalue weighted by Gasteiger charge is 2.33. The lowest BCUT2D eigenvalue weighted by Crippen LogP contribution is -2.21. The van der Waals surface area contributed by atoms with Crippen LogP contribution in [0.1, 0.15) is 16.8 Å². The Labute approximate surface area is 110 Å². The average molecular weight is 288 g/mol. The molecule has 0 atom stereocenters. The van der Waals surface area contributed by atoms with Crippen molar-refractivity contribution < 1.29 is 32.6 Å². The van der Waals surface area contributed by atoms with E-state index in [-0.39, 0.29) is 0 Å². The van der Waals surface area contributed by atoms with Gasteiger partial charge in [-0.05, 0) is 12.1 Å². The van der Waals surface area contributed by atoms with Crippen LogP contribution >= 0.6 is 0 Å². The molecule has 0 saturated heterocycles. The minimum Gasteiger partial charge on any atom is -0.478 e. The molecule has 0 aromatic heterocycles. The zero-order valence-corrected chi connectivity index (χ0v) is 9.69. The molecule has 1 amide bonds. The molecular formula is C11H7F3N2O4. The first-order valence-corrected chi connectivity index (χ1v) is 5.03. The molecule has 106 valence electrons. The van der Waals surface area contributed by atoms with Gasteiger partial charge in [0, 0.05) is 0 Å². The van der Waals surface area contributed by atoms with Crippen molar-refractivity contribution in [3.63, 3.8) is 0 Å². The van der Waals surface area contributed by atoms with Gasteiger partial charge in [-0.1, -0.05) is 6.07 Å². The van der Waals surface area contributed by atoms with E-state index in [0.29, 0.717) is 0 Å². The number of hydrogen-bond donors (Lipinski definition) is 2. The van der Waals surface area contributed by atoms with E-state index in [1.165, 1.54) is 6.07 Å². The predicted molar refractivity (Wildman–Crippen MR) is 58.9 cm³/mol. The fourth-order valence-electron chi connectivity index (χ4n) is 1.30. The van der Waals surface area contributed by atoms with E-state index in [1.54, 1.807) is 0 Å². The molecule has 0 spiro atoms. The van der Waals surface area contributed by atoms with Crippen molar-refractivity contribution >= 4 is 17.6 Å². The standard InChI is InChI=1S/C11H7F3N2O4/c12-11(13,14)20-7-3-1-2-6(10(18)19)9(7)16-8(17)4-5-15/h1-3H,4H2,(H,16,17)(H,18,19). The molecular weight excluding hydrogens is 281 g/mol. The fourth-order valence-corrected chi connectivity index (χ4v) is 1.30. The summed E-state index contributed by atoms with van der Waals surface area (Å²) in [5, 5.41) is 19.1. The summed E-state index contributed by atoms with van der Waals surface area (Å²) in [7, 11) is 0. The maximum Gasteiger partial charge on any atom is 0.573 e. The molecule has 0 aliphatic rings. The van der Waals surface area contributed by atoms with E-state index in [0.717, 1.165) is 18.2 Å². The van der Waals surface area contributed by atoms with Gasteiger partial charge < -0.3 is 15.2 Å². The number of carbonyl (C=O) groups excluding carboxylic acids is 1. The van der Waals surface area contributed by atoms with Crippen molar-refractivity contribution in [3.8, 4) is 11.8 Å². The topological polar surface area (TPSA) is 99.4 Å². The zero-order valence-electron chi connectivity index (χ0n) is 9.69. The molecule has 0 saturated carbocycles. The van der Waals surface area contributed by atoms with Gasteiger partial charge in [0.1, 0.15) is 6.42 Å². The molecule has 0 radical (unpaired) electrons. The number of aromatic carboxylic acids is 1. The van der Waals surface area contributed by atoms with Crippen LogP contribution in [0.3, 0.4) is 0 Å². The first-order chi connectivity index (χ1) is 9.24. The lowest BCUT2D eigenvalue weighted by Gasteiger charge is -2.15. The number of ether oxygens (including phenoxy) is 1. The smallest absolute Gasteiger partial charge is 0.478 e. The summed E-state index contributed by atoms with van der Waals surface area (Å²) in [4.78, 5) is 22.2. The number of anilines is 1. The Balaban J connectivity index is 3.23. The molecule has 0 fully saturated rings. The highest BCUT2D eigenvalue weighted by molar-refractivity contribution is 6.02. The summed E-state index contributed by atoms with van der Waals surface area (Å²) >= 11 is 0. The third-order valence-electron chi connectivity index (χ3n) is 1.99. The molecule has 0 unspecified atom stereocenters. The number of nitriles is 1. The molecule has 2 N–H and O–H groups in total. The van der Waals surface area contributed by atoms with Gasteiger partial charge in [0.2, 0.25) is 5.91 Å². The lowest BCUT2D eigenvalue weighted by molar-refractivity contribution is -0.274. The Morgan fingerprint density at radius 2 is 2.05 bits per heavy atom. The Hall–Kier alpha value is -2.76. The molecule has 1 aromatic rings. The third kappa shape index (κ3) is 4.16. The monoisotopic (exact) mass is 288 g/mol. The number of alkyl halides is 3. The number of para-hydroxylation sites is 1. The number of benzene rings is 1. The van der Waals surface area contributed by atoms with Crippen LogP contribution in [-0.4, -0.2) is 23.3 Å². The summed E-state index contributed by atoms with van der Waals surface area (Å²) in [5.74, 6) is -3.37. The van der Waals surface area contributed by atoms with Crippen molar-refractivity contribution in [2.75, 3.05) is 5.32 Å². The van der Waals surface area contributed by atoms with E-state index in [4.69, 9.17) is 10.4 Å². The van der Waals surface area contributed by atoms with Crippen LogP contribution in [0.2, 0.25) is 0 Å². The van der Waals surface area contributed by atoms with Gasteiger partial charge in [-0.15, -0.1) is 13.2 Å². The summed E-state index contributed by atoms with van der Waals surface area (Å²) < 4.78 is 40.3. The van der Waals surface area contributed by atoms with Crippen LogP contribution in [0.15, 0.2) is 18.2 Å². The predicted octanol–water partition coefficient (Wildman–Crippen LogP) is 2.14. The third-order valence-corrected chi connectivity index (χ3v) is 1.99. The van der Waals surface area contributed by atoms with E-state index in [1.807, 2.05) is 5.32 Å². The van der Waals surface area contributed by atoms with Gasteiger partial charge in [0.15, 0.2) is 5.75 Å². The number of carbonyl (C=O) groups is 2. The normalized spacial score (nSPS) is 10.5. The van der Waals surface area contributed by atoms with E-state index >= 15 is 0 Å². The summed E-state index contributed by atoms with van der Waals surface area (Å²) in [6.07, 6.45) is -5.69. The van der Waals surface area contributed by atoms with Gasteiger partial charge in [0.05, 0.1) is 17.3 Å². The van der Waals surface area contributed by atoms with Crippen molar-refractivity contribution in [1.82, 2.24) is 0 Å². The molecule has 6 nitrogen and oxygen atoms in total. The largest absolute Gasteiger partial charge is 0.573 e. The average Bonchev–Trinajstić information content (AvgIpc) is 2.29. The highest BCUT2D eigenvalue weighted by Crippen LogP contribution is 2.33. The van der Waals surface area contributed by atoms with Crippen LogP contribution in [0.25, 0.3) is 0 Å². The van der Waals surface area contributed by atoms with Gasteiger partial charge in [0.25, 0.3) is 0 Å². The second kappa shape index (κ2) is 5.92. The number of halogens is 3.